The molecule has 128 valence electrons. The van der Waals surface area contributed by atoms with Gasteiger partial charge in [0.25, 0.3) is 0 Å². The maximum absolute atomic E-state index is 5.97. The van der Waals surface area contributed by atoms with Gasteiger partial charge in [0.15, 0.2) is 0 Å². The number of hydrogen-bond donors (Lipinski definition) is 2. The Hall–Kier alpha value is -2.26. The standard InChI is InChI=1S/C22H24N2O/c1-13-6-7-19-18(12-13)17-8-10-23-20(21(17)24-19)14(2)16-5-3-4-15-9-11-25-22(15)16/h3-7,12,14,20,23-24H,8-11H2,1-2H3. The number of para-hydroxylation sites is 1. The van der Waals surface area contributed by atoms with E-state index >= 15 is 0 Å². The molecule has 2 aromatic carbocycles. The lowest BCUT2D eigenvalue weighted by atomic mass is 9.85. The summed E-state index contributed by atoms with van der Waals surface area (Å²) >= 11 is 0. The molecule has 0 amide bonds. The number of fused-ring (bicyclic) bond motifs is 4. The molecule has 2 unspecified atom stereocenters. The maximum Gasteiger partial charge on any atom is 0.126 e. The van der Waals surface area contributed by atoms with Crippen molar-refractivity contribution < 1.29 is 4.74 Å². The van der Waals surface area contributed by atoms with Gasteiger partial charge < -0.3 is 15.0 Å². The third-order valence-corrected chi connectivity index (χ3v) is 5.88. The summed E-state index contributed by atoms with van der Waals surface area (Å²) in [4.78, 5) is 3.71. The molecule has 0 aliphatic carbocycles. The van der Waals surface area contributed by atoms with Gasteiger partial charge in [-0.1, -0.05) is 36.8 Å². The molecule has 3 nitrogen and oxygen atoms in total. The van der Waals surface area contributed by atoms with Crippen LogP contribution < -0.4 is 10.1 Å². The highest BCUT2D eigenvalue weighted by Crippen LogP contribution is 2.42. The number of hydrogen-bond acceptors (Lipinski definition) is 2. The first-order valence-electron chi connectivity index (χ1n) is 9.31. The Kier molecular flexibility index (Phi) is 3.39. The van der Waals surface area contributed by atoms with Gasteiger partial charge in [0, 0.05) is 28.9 Å². The Balaban J connectivity index is 1.61. The Morgan fingerprint density at radius 2 is 2.08 bits per heavy atom. The highest BCUT2D eigenvalue weighted by molar-refractivity contribution is 5.86. The molecule has 5 rings (SSSR count). The van der Waals surface area contributed by atoms with Gasteiger partial charge in [0.05, 0.1) is 12.6 Å². The Bertz CT molecular complexity index is 956. The minimum absolute atomic E-state index is 0.298. The van der Waals surface area contributed by atoms with Crippen LogP contribution in [0.5, 0.6) is 5.75 Å². The molecule has 0 bridgehead atoms. The average molecular weight is 332 g/mol. The van der Waals surface area contributed by atoms with E-state index in [9.17, 15) is 0 Å². The number of H-pyrrole nitrogens is 1. The predicted molar refractivity (Wildman–Crippen MR) is 102 cm³/mol. The van der Waals surface area contributed by atoms with Crippen LogP contribution in [0.1, 0.15) is 46.8 Å². The number of benzene rings is 2. The summed E-state index contributed by atoms with van der Waals surface area (Å²) in [5.74, 6) is 1.48. The molecule has 2 N–H and O–H groups in total. The first-order valence-corrected chi connectivity index (χ1v) is 9.31. The van der Waals surface area contributed by atoms with Gasteiger partial charge in [-0.25, -0.2) is 0 Å². The number of rotatable bonds is 2. The molecule has 3 aromatic rings. The molecule has 3 heterocycles. The lowest BCUT2D eigenvalue weighted by Gasteiger charge is -2.30. The minimum atomic E-state index is 0.298. The summed E-state index contributed by atoms with van der Waals surface area (Å²) in [6.45, 7) is 6.33. The quantitative estimate of drug-likeness (QED) is 0.730. The van der Waals surface area contributed by atoms with Crippen LogP contribution in [0.3, 0.4) is 0 Å². The van der Waals surface area contributed by atoms with Crippen molar-refractivity contribution >= 4 is 10.9 Å². The van der Waals surface area contributed by atoms with Gasteiger partial charge in [0.2, 0.25) is 0 Å². The average Bonchev–Trinajstić information content (AvgIpc) is 3.24. The second kappa shape index (κ2) is 5.63. The summed E-state index contributed by atoms with van der Waals surface area (Å²) < 4.78 is 5.97. The molecule has 1 aromatic heterocycles. The van der Waals surface area contributed by atoms with E-state index in [0.29, 0.717) is 12.0 Å². The highest BCUT2D eigenvalue weighted by atomic mass is 16.5. The van der Waals surface area contributed by atoms with Crippen LogP contribution in [0.4, 0.5) is 0 Å². The van der Waals surface area contributed by atoms with E-state index < -0.39 is 0 Å². The van der Waals surface area contributed by atoms with Crippen molar-refractivity contribution in [3.05, 3.63) is 64.3 Å². The van der Waals surface area contributed by atoms with E-state index in [1.807, 2.05) is 0 Å². The number of aromatic amines is 1. The first-order chi connectivity index (χ1) is 12.2. The van der Waals surface area contributed by atoms with Crippen molar-refractivity contribution in [2.24, 2.45) is 0 Å². The van der Waals surface area contributed by atoms with E-state index in [2.05, 4.69) is 60.5 Å². The molecular formula is C22H24N2O. The van der Waals surface area contributed by atoms with E-state index in [1.165, 1.54) is 38.9 Å². The lowest BCUT2D eigenvalue weighted by molar-refractivity contribution is 0.345. The van der Waals surface area contributed by atoms with Crippen molar-refractivity contribution in [1.82, 2.24) is 10.3 Å². The molecule has 25 heavy (non-hydrogen) atoms. The molecule has 0 fully saturated rings. The molecule has 2 aliphatic heterocycles. The molecule has 0 spiro atoms. The fourth-order valence-electron chi connectivity index (χ4n) is 4.58. The van der Waals surface area contributed by atoms with Gasteiger partial charge in [0.1, 0.15) is 5.75 Å². The first kappa shape index (κ1) is 15.0. The zero-order valence-electron chi connectivity index (χ0n) is 14.9. The molecule has 0 saturated carbocycles. The SMILES string of the molecule is Cc1ccc2[nH]c3c(c2c1)CCNC3C(C)c1cccc2c1OCC2. The van der Waals surface area contributed by atoms with Gasteiger partial charge in [-0.15, -0.1) is 0 Å². The van der Waals surface area contributed by atoms with Crippen molar-refractivity contribution in [1.29, 1.82) is 0 Å². The van der Waals surface area contributed by atoms with Crippen LogP contribution in [0.15, 0.2) is 36.4 Å². The third-order valence-electron chi connectivity index (χ3n) is 5.88. The van der Waals surface area contributed by atoms with Crippen LogP contribution in [0.2, 0.25) is 0 Å². The van der Waals surface area contributed by atoms with Crippen LogP contribution >= 0.6 is 0 Å². The molecule has 0 radical (unpaired) electrons. The van der Waals surface area contributed by atoms with Crippen LogP contribution in [-0.4, -0.2) is 18.1 Å². The largest absolute Gasteiger partial charge is 0.493 e. The summed E-state index contributed by atoms with van der Waals surface area (Å²) in [7, 11) is 0. The van der Waals surface area contributed by atoms with Crippen LogP contribution in [0, 0.1) is 6.92 Å². The summed E-state index contributed by atoms with van der Waals surface area (Å²) in [6.07, 6.45) is 2.12. The normalized spacial score (nSPS) is 20.2. The number of nitrogens with one attached hydrogen (secondary N) is 2. The van der Waals surface area contributed by atoms with Gasteiger partial charge in [-0.3, -0.25) is 0 Å². The minimum Gasteiger partial charge on any atom is -0.493 e. The fraction of sp³-hybridized carbons (Fsp3) is 0.364. The van der Waals surface area contributed by atoms with E-state index in [-0.39, 0.29) is 0 Å². The van der Waals surface area contributed by atoms with E-state index in [4.69, 9.17) is 4.74 Å². The van der Waals surface area contributed by atoms with Gasteiger partial charge in [-0.05, 0) is 48.7 Å². The summed E-state index contributed by atoms with van der Waals surface area (Å²) in [5.41, 5.74) is 8.11. The zero-order valence-corrected chi connectivity index (χ0v) is 14.9. The van der Waals surface area contributed by atoms with Crippen molar-refractivity contribution in [3.63, 3.8) is 0 Å². The van der Waals surface area contributed by atoms with Crippen molar-refractivity contribution in [2.75, 3.05) is 13.2 Å². The van der Waals surface area contributed by atoms with Crippen LogP contribution in [-0.2, 0) is 12.8 Å². The Labute approximate surface area is 148 Å². The Morgan fingerprint density at radius 3 is 3.00 bits per heavy atom. The molecule has 2 aliphatic rings. The number of ether oxygens (including phenoxy) is 1. The lowest BCUT2D eigenvalue weighted by Crippen LogP contribution is -2.33. The predicted octanol–water partition coefficient (Wildman–Crippen LogP) is 4.40. The molecular weight excluding hydrogens is 308 g/mol. The summed E-state index contributed by atoms with van der Waals surface area (Å²) in [5, 5.41) is 5.15. The zero-order chi connectivity index (χ0) is 17.0. The number of aromatic nitrogens is 1. The van der Waals surface area contributed by atoms with E-state index in [0.717, 1.165) is 31.7 Å². The number of aryl methyl sites for hydroxylation is 1. The van der Waals surface area contributed by atoms with E-state index in [1.54, 1.807) is 0 Å². The monoisotopic (exact) mass is 332 g/mol. The highest BCUT2D eigenvalue weighted by Gasteiger charge is 2.31. The fourth-order valence-corrected chi connectivity index (χ4v) is 4.58. The Morgan fingerprint density at radius 1 is 1.16 bits per heavy atom. The topological polar surface area (TPSA) is 37.0 Å². The third kappa shape index (κ3) is 2.30. The second-order valence-electron chi connectivity index (χ2n) is 7.47. The molecule has 0 saturated heterocycles. The smallest absolute Gasteiger partial charge is 0.126 e. The van der Waals surface area contributed by atoms with Gasteiger partial charge >= 0.3 is 0 Å². The van der Waals surface area contributed by atoms with Crippen molar-refractivity contribution in [2.45, 2.75) is 38.6 Å². The molecule has 2 atom stereocenters. The molecule has 3 heteroatoms. The maximum atomic E-state index is 5.97. The van der Waals surface area contributed by atoms with Crippen LogP contribution in [0.25, 0.3) is 10.9 Å². The second-order valence-corrected chi connectivity index (χ2v) is 7.47. The van der Waals surface area contributed by atoms with Crippen molar-refractivity contribution in [3.8, 4) is 5.75 Å². The van der Waals surface area contributed by atoms with Gasteiger partial charge in [-0.2, -0.15) is 0 Å². The summed E-state index contributed by atoms with van der Waals surface area (Å²) in [6, 6.07) is 13.6.